The number of rotatable bonds is 5. The lowest BCUT2D eigenvalue weighted by Crippen LogP contribution is -2.01. The van der Waals surface area contributed by atoms with Gasteiger partial charge >= 0.3 is 0 Å². The third-order valence-corrected chi connectivity index (χ3v) is 2.49. The van der Waals surface area contributed by atoms with Crippen LogP contribution in [-0.4, -0.2) is 21.0 Å². The summed E-state index contributed by atoms with van der Waals surface area (Å²) in [6, 6.07) is 0. The van der Waals surface area contributed by atoms with Crippen LogP contribution in [-0.2, 0) is 0 Å². The van der Waals surface area contributed by atoms with Crippen LogP contribution in [0.1, 0.15) is 12.8 Å². The molecule has 0 aliphatic rings. The van der Waals surface area contributed by atoms with Crippen molar-refractivity contribution in [3.05, 3.63) is 35.8 Å². The highest BCUT2D eigenvalue weighted by atomic mass is 79.9. The smallest absolute Gasteiger partial charge is 0.259 e. The van der Waals surface area contributed by atoms with Crippen LogP contribution in [0.4, 0.5) is 0 Å². The average Bonchev–Trinajstić information content (AvgIpc) is 2.72. The first kappa shape index (κ1) is 11.1. The van der Waals surface area contributed by atoms with Gasteiger partial charge in [-0.3, -0.25) is 4.40 Å². The molecule has 84 valence electrons. The van der Waals surface area contributed by atoms with Crippen molar-refractivity contribution in [2.45, 2.75) is 12.8 Å². The summed E-state index contributed by atoms with van der Waals surface area (Å²) in [6.07, 6.45) is 9.18. The lowest BCUT2D eigenvalue weighted by atomic mass is 10.3. The summed E-state index contributed by atoms with van der Waals surface area (Å²) in [5, 5.41) is 0. The zero-order chi connectivity index (χ0) is 11.4. The fourth-order valence-corrected chi connectivity index (χ4v) is 1.75. The minimum Gasteiger partial charge on any atom is -0.475 e. The van der Waals surface area contributed by atoms with Crippen LogP contribution in [0.5, 0.6) is 5.88 Å². The SMILES string of the molecule is C=CCCCOc1nc(Br)cn2ccnc12. The van der Waals surface area contributed by atoms with Crippen molar-refractivity contribution in [1.29, 1.82) is 0 Å². The van der Waals surface area contributed by atoms with Gasteiger partial charge in [-0.2, -0.15) is 0 Å². The monoisotopic (exact) mass is 281 g/mol. The molecule has 2 rings (SSSR count). The molecule has 16 heavy (non-hydrogen) atoms. The summed E-state index contributed by atoms with van der Waals surface area (Å²) in [4.78, 5) is 8.45. The molecule has 0 spiro atoms. The van der Waals surface area contributed by atoms with Crippen molar-refractivity contribution >= 4 is 21.6 Å². The summed E-state index contributed by atoms with van der Waals surface area (Å²) < 4.78 is 8.20. The highest BCUT2D eigenvalue weighted by Gasteiger charge is 2.06. The minimum absolute atomic E-state index is 0.559. The Morgan fingerprint density at radius 1 is 1.56 bits per heavy atom. The van der Waals surface area contributed by atoms with Gasteiger partial charge in [0.05, 0.1) is 6.61 Å². The van der Waals surface area contributed by atoms with Crippen molar-refractivity contribution in [3.63, 3.8) is 0 Å². The van der Waals surface area contributed by atoms with Crippen LogP contribution in [0, 0.1) is 0 Å². The van der Waals surface area contributed by atoms with Crippen molar-refractivity contribution in [3.8, 4) is 5.88 Å². The molecule has 0 radical (unpaired) electrons. The van der Waals surface area contributed by atoms with Crippen LogP contribution in [0.15, 0.2) is 35.8 Å². The van der Waals surface area contributed by atoms with Gasteiger partial charge in [-0.25, -0.2) is 9.97 Å². The van der Waals surface area contributed by atoms with Gasteiger partial charge in [0.2, 0.25) is 5.65 Å². The summed E-state index contributed by atoms with van der Waals surface area (Å²) >= 11 is 3.33. The molecule has 0 aromatic carbocycles. The van der Waals surface area contributed by atoms with E-state index >= 15 is 0 Å². The molecule has 2 heterocycles. The maximum atomic E-state index is 5.59. The Balaban J connectivity index is 2.15. The number of unbranched alkanes of at least 4 members (excludes halogenated alkanes) is 1. The largest absolute Gasteiger partial charge is 0.475 e. The number of ether oxygens (including phenoxy) is 1. The zero-order valence-electron chi connectivity index (χ0n) is 8.77. The second-order valence-electron chi connectivity index (χ2n) is 3.31. The van der Waals surface area contributed by atoms with E-state index in [9.17, 15) is 0 Å². The Bertz CT molecular complexity index is 495. The highest BCUT2D eigenvalue weighted by molar-refractivity contribution is 9.10. The van der Waals surface area contributed by atoms with E-state index in [1.165, 1.54) is 0 Å². The standard InChI is InChI=1S/C11H12BrN3O/c1-2-3-4-7-16-11-10-13-5-6-15(10)8-9(12)14-11/h2,5-6,8H,1,3-4,7H2. The zero-order valence-corrected chi connectivity index (χ0v) is 10.4. The fourth-order valence-electron chi connectivity index (χ4n) is 1.37. The molecule has 0 saturated heterocycles. The number of imidazole rings is 1. The molecule has 0 aliphatic heterocycles. The van der Waals surface area contributed by atoms with Gasteiger partial charge in [0.1, 0.15) is 4.60 Å². The average molecular weight is 282 g/mol. The van der Waals surface area contributed by atoms with Crippen LogP contribution in [0.25, 0.3) is 5.65 Å². The van der Waals surface area contributed by atoms with E-state index in [2.05, 4.69) is 32.5 Å². The Labute approximate surface area is 102 Å². The van der Waals surface area contributed by atoms with Gasteiger partial charge < -0.3 is 4.74 Å². The van der Waals surface area contributed by atoms with Gasteiger partial charge in [-0.15, -0.1) is 6.58 Å². The molecule has 0 unspecified atom stereocenters. The van der Waals surface area contributed by atoms with Crippen molar-refractivity contribution in [2.75, 3.05) is 6.61 Å². The van der Waals surface area contributed by atoms with E-state index in [1.807, 2.05) is 22.9 Å². The van der Waals surface area contributed by atoms with Crippen LogP contribution in [0.2, 0.25) is 0 Å². The quantitative estimate of drug-likeness (QED) is 0.625. The van der Waals surface area contributed by atoms with Gasteiger partial charge in [0.25, 0.3) is 5.88 Å². The van der Waals surface area contributed by atoms with E-state index in [-0.39, 0.29) is 0 Å². The number of hydrogen-bond donors (Lipinski definition) is 0. The first-order valence-electron chi connectivity index (χ1n) is 5.04. The third kappa shape index (κ3) is 2.41. The predicted molar refractivity (Wildman–Crippen MR) is 65.6 cm³/mol. The molecule has 2 aromatic rings. The number of allylic oxidation sites excluding steroid dienone is 1. The first-order chi connectivity index (χ1) is 7.81. The normalized spacial score (nSPS) is 10.6. The summed E-state index contributed by atoms with van der Waals surface area (Å²) in [5.41, 5.74) is 0.738. The van der Waals surface area contributed by atoms with E-state index in [0.29, 0.717) is 12.5 Å². The van der Waals surface area contributed by atoms with E-state index in [0.717, 1.165) is 23.1 Å². The van der Waals surface area contributed by atoms with Gasteiger partial charge in [-0.1, -0.05) is 6.08 Å². The molecule has 0 saturated carbocycles. The molecular formula is C11H12BrN3O. The summed E-state index contributed by atoms with van der Waals surface area (Å²) in [7, 11) is 0. The lowest BCUT2D eigenvalue weighted by Gasteiger charge is -2.06. The van der Waals surface area contributed by atoms with Crippen molar-refractivity contribution in [1.82, 2.24) is 14.4 Å². The Hall–Kier alpha value is -1.36. The molecular weight excluding hydrogens is 270 g/mol. The fraction of sp³-hybridized carbons (Fsp3) is 0.273. The summed E-state index contributed by atoms with van der Waals surface area (Å²) in [6.45, 7) is 4.29. The molecule has 2 aromatic heterocycles. The van der Waals surface area contributed by atoms with Gasteiger partial charge in [0, 0.05) is 18.6 Å². The number of halogens is 1. The molecule has 0 N–H and O–H groups in total. The number of fused-ring (bicyclic) bond motifs is 1. The Morgan fingerprint density at radius 2 is 2.44 bits per heavy atom. The highest BCUT2D eigenvalue weighted by Crippen LogP contribution is 2.19. The number of hydrogen-bond acceptors (Lipinski definition) is 3. The lowest BCUT2D eigenvalue weighted by molar-refractivity contribution is 0.301. The maximum absolute atomic E-state index is 5.59. The maximum Gasteiger partial charge on any atom is 0.259 e. The first-order valence-corrected chi connectivity index (χ1v) is 5.83. The van der Waals surface area contributed by atoms with Gasteiger partial charge in [-0.05, 0) is 28.8 Å². The third-order valence-electron chi connectivity index (χ3n) is 2.11. The molecule has 0 fully saturated rings. The molecule has 5 heteroatoms. The Kier molecular flexibility index (Phi) is 3.56. The minimum atomic E-state index is 0.559. The van der Waals surface area contributed by atoms with Crippen molar-refractivity contribution in [2.24, 2.45) is 0 Å². The van der Waals surface area contributed by atoms with Crippen LogP contribution in [0.3, 0.4) is 0 Å². The van der Waals surface area contributed by atoms with Gasteiger partial charge in [0.15, 0.2) is 0 Å². The Morgan fingerprint density at radius 3 is 3.25 bits per heavy atom. The second kappa shape index (κ2) is 5.12. The number of nitrogens with zero attached hydrogens (tertiary/aromatic N) is 3. The van der Waals surface area contributed by atoms with E-state index < -0.39 is 0 Å². The van der Waals surface area contributed by atoms with E-state index in [1.54, 1.807) is 6.20 Å². The molecule has 0 aliphatic carbocycles. The van der Waals surface area contributed by atoms with Crippen LogP contribution < -0.4 is 4.74 Å². The molecule has 0 amide bonds. The molecule has 0 bridgehead atoms. The predicted octanol–water partition coefficient (Wildman–Crippen LogP) is 2.84. The topological polar surface area (TPSA) is 39.4 Å². The molecule has 4 nitrogen and oxygen atoms in total. The molecule has 0 atom stereocenters. The summed E-state index contributed by atoms with van der Waals surface area (Å²) in [5.74, 6) is 0.559. The second-order valence-corrected chi connectivity index (χ2v) is 4.12. The van der Waals surface area contributed by atoms with Crippen LogP contribution >= 0.6 is 15.9 Å². The number of aromatic nitrogens is 3. The van der Waals surface area contributed by atoms with E-state index in [4.69, 9.17) is 4.74 Å². The van der Waals surface area contributed by atoms with Crippen molar-refractivity contribution < 1.29 is 4.74 Å².